The monoisotopic (exact) mass is 349 g/mol. The molecule has 1 aliphatic heterocycles. The molecule has 5 heteroatoms. The SMILES string of the molecule is C[NH+](CC(=O)N1CCc2ccccc21)Cc1ccc(Cl)cc1Cl. The van der Waals surface area contributed by atoms with Crippen LogP contribution in [0.5, 0.6) is 0 Å². The zero-order chi connectivity index (χ0) is 16.4. The maximum absolute atomic E-state index is 12.6. The number of fused-ring (bicyclic) bond motifs is 1. The second-order valence-electron chi connectivity index (χ2n) is 5.97. The van der Waals surface area contributed by atoms with Crippen LogP contribution in [0.1, 0.15) is 11.1 Å². The van der Waals surface area contributed by atoms with Crippen LogP contribution in [0.25, 0.3) is 0 Å². The van der Waals surface area contributed by atoms with Gasteiger partial charge in [-0.3, -0.25) is 4.79 Å². The number of carbonyl (C=O) groups is 1. The summed E-state index contributed by atoms with van der Waals surface area (Å²) in [5, 5.41) is 1.27. The second kappa shape index (κ2) is 6.91. The molecule has 1 N–H and O–H groups in total. The summed E-state index contributed by atoms with van der Waals surface area (Å²) in [5.74, 6) is 0.150. The average Bonchev–Trinajstić information content (AvgIpc) is 2.94. The first-order chi connectivity index (χ1) is 11.0. The smallest absolute Gasteiger partial charge is 0.282 e. The van der Waals surface area contributed by atoms with Crippen LogP contribution in [0.15, 0.2) is 42.5 Å². The first-order valence-electron chi connectivity index (χ1n) is 7.68. The molecule has 3 nitrogen and oxygen atoms in total. The van der Waals surface area contributed by atoms with Gasteiger partial charge in [0.25, 0.3) is 5.91 Å². The van der Waals surface area contributed by atoms with Crippen molar-refractivity contribution >= 4 is 34.8 Å². The van der Waals surface area contributed by atoms with E-state index in [4.69, 9.17) is 23.2 Å². The third kappa shape index (κ3) is 3.69. The van der Waals surface area contributed by atoms with Crippen LogP contribution in [0.4, 0.5) is 5.69 Å². The van der Waals surface area contributed by atoms with Gasteiger partial charge in [0, 0.05) is 22.8 Å². The Morgan fingerprint density at radius 1 is 1.22 bits per heavy atom. The predicted octanol–water partition coefficient (Wildman–Crippen LogP) is 2.60. The molecule has 120 valence electrons. The second-order valence-corrected chi connectivity index (χ2v) is 6.81. The number of likely N-dealkylation sites (N-methyl/N-ethyl adjacent to an activating group) is 1. The van der Waals surface area contributed by atoms with Gasteiger partial charge in [0.15, 0.2) is 6.54 Å². The van der Waals surface area contributed by atoms with Gasteiger partial charge in [-0.15, -0.1) is 0 Å². The molecule has 1 atom stereocenters. The van der Waals surface area contributed by atoms with Crippen LogP contribution < -0.4 is 9.80 Å². The molecule has 0 spiro atoms. The lowest BCUT2D eigenvalue weighted by molar-refractivity contribution is -0.885. The van der Waals surface area contributed by atoms with E-state index >= 15 is 0 Å². The lowest BCUT2D eigenvalue weighted by atomic mass is 10.2. The van der Waals surface area contributed by atoms with E-state index in [0.717, 1.165) is 29.1 Å². The minimum absolute atomic E-state index is 0.150. The van der Waals surface area contributed by atoms with Gasteiger partial charge < -0.3 is 9.80 Å². The first-order valence-corrected chi connectivity index (χ1v) is 8.43. The van der Waals surface area contributed by atoms with Crippen molar-refractivity contribution in [2.75, 3.05) is 25.0 Å². The van der Waals surface area contributed by atoms with Crippen molar-refractivity contribution in [2.24, 2.45) is 0 Å². The number of anilines is 1. The Hall–Kier alpha value is -1.55. The highest BCUT2D eigenvalue weighted by Gasteiger charge is 2.26. The number of carbonyl (C=O) groups excluding carboxylic acids is 1. The summed E-state index contributed by atoms with van der Waals surface area (Å²) in [6.07, 6.45) is 0.934. The molecule has 2 aromatic carbocycles. The van der Waals surface area contributed by atoms with Crippen molar-refractivity contribution in [3.05, 3.63) is 63.6 Å². The van der Waals surface area contributed by atoms with Crippen LogP contribution in [0, 0.1) is 0 Å². The van der Waals surface area contributed by atoms with Gasteiger partial charge >= 0.3 is 0 Å². The Balaban J connectivity index is 1.64. The number of nitrogens with zero attached hydrogens (tertiary/aromatic N) is 1. The number of nitrogens with one attached hydrogen (secondary N) is 1. The molecule has 1 heterocycles. The fourth-order valence-electron chi connectivity index (χ4n) is 3.00. The maximum Gasteiger partial charge on any atom is 0.282 e. The molecular weight excluding hydrogens is 331 g/mol. The van der Waals surface area contributed by atoms with Crippen LogP contribution >= 0.6 is 23.2 Å². The zero-order valence-corrected chi connectivity index (χ0v) is 14.5. The molecule has 0 aliphatic carbocycles. The van der Waals surface area contributed by atoms with Gasteiger partial charge in [0.1, 0.15) is 6.54 Å². The number of rotatable bonds is 4. The van der Waals surface area contributed by atoms with Crippen molar-refractivity contribution in [2.45, 2.75) is 13.0 Å². The highest BCUT2D eigenvalue weighted by molar-refractivity contribution is 6.35. The quantitative estimate of drug-likeness (QED) is 0.901. The molecule has 0 saturated carbocycles. The Bertz CT molecular complexity index is 733. The van der Waals surface area contributed by atoms with Crippen LogP contribution in [-0.4, -0.2) is 26.0 Å². The molecule has 0 radical (unpaired) electrons. The van der Waals surface area contributed by atoms with Crippen LogP contribution in [0.3, 0.4) is 0 Å². The third-order valence-corrected chi connectivity index (χ3v) is 4.74. The maximum atomic E-state index is 12.6. The average molecular weight is 350 g/mol. The highest BCUT2D eigenvalue weighted by Crippen LogP contribution is 2.27. The molecule has 0 fully saturated rings. The topological polar surface area (TPSA) is 24.8 Å². The van der Waals surface area contributed by atoms with Crippen molar-refractivity contribution < 1.29 is 9.69 Å². The summed E-state index contributed by atoms with van der Waals surface area (Å²) in [6, 6.07) is 13.6. The van der Waals surface area contributed by atoms with Crippen LogP contribution in [-0.2, 0) is 17.8 Å². The number of quaternary nitrogens is 1. The molecule has 23 heavy (non-hydrogen) atoms. The summed E-state index contributed by atoms with van der Waals surface area (Å²) in [6.45, 7) is 1.90. The number of para-hydroxylation sites is 1. The summed E-state index contributed by atoms with van der Waals surface area (Å²) in [5.41, 5.74) is 3.30. The normalized spacial score (nSPS) is 14.7. The Morgan fingerprint density at radius 3 is 2.78 bits per heavy atom. The molecule has 1 unspecified atom stereocenters. The fraction of sp³-hybridized carbons (Fsp3) is 0.278. The summed E-state index contributed by atoms with van der Waals surface area (Å²) >= 11 is 12.1. The third-order valence-electron chi connectivity index (χ3n) is 4.15. The number of amides is 1. The van der Waals surface area contributed by atoms with Crippen molar-refractivity contribution in [3.63, 3.8) is 0 Å². The van der Waals surface area contributed by atoms with Crippen LogP contribution in [0.2, 0.25) is 10.0 Å². The Labute approximate surface area is 146 Å². The first kappa shape index (κ1) is 16.3. The minimum atomic E-state index is 0.150. The predicted molar refractivity (Wildman–Crippen MR) is 94.4 cm³/mol. The highest BCUT2D eigenvalue weighted by atomic mass is 35.5. The molecule has 1 aliphatic rings. The molecule has 0 saturated heterocycles. The van der Waals surface area contributed by atoms with E-state index in [9.17, 15) is 4.79 Å². The molecule has 3 rings (SSSR count). The number of hydrogen-bond donors (Lipinski definition) is 1. The van der Waals surface area contributed by atoms with Gasteiger partial charge in [-0.2, -0.15) is 0 Å². The Kier molecular flexibility index (Phi) is 4.90. The van der Waals surface area contributed by atoms with Gasteiger partial charge in [-0.1, -0.05) is 47.5 Å². The molecule has 1 amide bonds. The van der Waals surface area contributed by atoms with E-state index in [0.29, 0.717) is 23.1 Å². The fourth-order valence-corrected chi connectivity index (χ4v) is 3.48. The number of hydrogen-bond acceptors (Lipinski definition) is 1. The lowest BCUT2D eigenvalue weighted by Gasteiger charge is -2.20. The molecule has 0 aromatic heterocycles. The van der Waals surface area contributed by atoms with Gasteiger partial charge in [-0.05, 0) is 30.2 Å². The van der Waals surface area contributed by atoms with E-state index in [1.807, 2.05) is 42.3 Å². The van der Waals surface area contributed by atoms with Gasteiger partial charge in [-0.25, -0.2) is 0 Å². The largest absolute Gasteiger partial charge is 0.326 e. The van der Waals surface area contributed by atoms with Gasteiger partial charge in [0.05, 0.1) is 12.1 Å². The molecule has 2 aromatic rings. The summed E-state index contributed by atoms with van der Waals surface area (Å²) in [7, 11) is 2.00. The van der Waals surface area contributed by atoms with Crippen molar-refractivity contribution in [1.29, 1.82) is 0 Å². The van der Waals surface area contributed by atoms with Crippen molar-refractivity contribution in [3.8, 4) is 0 Å². The van der Waals surface area contributed by atoms with E-state index in [1.54, 1.807) is 6.07 Å². The molecular formula is C18H19Cl2N2O+. The zero-order valence-electron chi connectivity index (χ0n) is 13.0. The van der Waals surface area contributed by atoms with E-state index in [-0.39, 0.29) is 5.91 Å². The van der Waals surface area contributed by atoms with Crippen molar-refractivity contribution in [1.82, 2.24) is 0 Å². The summed E-state index contributed by atoms with van der Waals surface area (Å²) in [4.78, 5) is 15.6. The summed E-state index contributed by atoms with van der Waals surface area (Å²) < 4.78 is 0. The van der Waals surface area contributed by atoms with E-state index in [1.165, 1.54) is 5.56 Å². The molecule has 0 bridgehead atoms. The van der Waals surface area contributed by atoms with E-state index < -0.39 is 0 Å². The van der Waals surface area contributed by atoms with Gasteiger partial charge in [0.2, 0.25) is 0 Å². The van der Waals surface area contributed by atoms with E-state index in [2.05, 4.69) is 6.07 Å². The Morgan fingerprint density at radius 2 is 2.00 bits per heavy atom. The minimum Gasteiger partial charge on any atom is -0.326 e. The number of halogens is 2. The lowest BCUT2D eigenvalue weighted by Crippen LogP contribution is -3.09. The number of benzene rings is 2. The standard InChI is InChI=1S/C18H18Cl2N2O/c1-21(11-14-6-7-15(19)10-16(14)20)12-18(23)22-9-8-13-4-2-3-5-17(13)22/h2-7,10H,8-9,11-12H2,1H3/p+1.